The maximum absolute atomic E-state index is 12.4. The maximum Gasteiger partial charge on any atom is 0.237 e. The molecule has 1 aromatic rings. The largest absolute Gasteiger partial charge is 0.497 e. The van der Waals surface area contributed by atoms with Crippen LogP contribution in [0.5, 0.6) is 11.5 Å². The van der Waals surface area contributed by atoms with E-state index in [1.807, 2.05) is 0 Å². The molecule has 1 saturated heterocycles. The van der Waals surface area contributed by atoms with Crippen molar-refractivity contribution >= 4 is 17.5 Å². The molecule has 0 unspecified atom stereocenters. The third-order valence-electron chi connectivity index (χ3n) is 4.85. The summed E-state index contributed by atoms with van der Waals surface area (Å²) in [6.07, 6.45) is 4.44. The SMILES string of the molecule is COc1cc(NC(=O)C[C@@H]2N[C@@H]3CCCC[C@H]3NC2=O)cc(OC)c1. The molecule has 7 nitrogen and oxygen atoms in total. The first-order chi connectivity index (χ1) is 12.1. The highest BCUT2D eigenvalue weighted by Crippen LogP contribution is 2.26. The fourth-order valence-corrected chi connectivity index (χ4v) is 3.55. The third kappa shape index (κ3) is 4.22. The van der Waals surface area contributed by atoms with Gasteiger partial charge in [-0.05, 0) is 12.8 Å². The Morgan fingerprint density at radius 2 is 1.76 bits per heavy atom. The molecule has 2 amide bonds. The molecule has 0 bridgehead atoms. The summed E-state index contributed by atoms with van der Waals surface area (Å²) in [6, 6.07) is 5.13. The summed E-state index contributed by atoms with van der Waals surface area (Å²) in [6.45, 7) is 0. The predicted octanol–water partition coefficient (Wildman–Crippen LogP) is 1.43. The molecule has 0 aromatic heterocycles. The molecule has 1 aliphatic heterocycles. The molecular weight excluding hydrogens is 322 g/mol. The van der Waals surface area contributed by atoms with E-state index in [2.05, 4.69) is 16.0 Å². The third-order valence-corrected chi connectivity index (χ3v) is 4.85. The Hall–Kier alpha value is -2.28. The minimum atomic E-state index is -0.494. The van der Waals surface area contributed by atoms with Gasteiger partial charge in [0.05, 0.1) is 26.7 Å². The standard InChI is InChI=1S/C18H25N3O4/c1-24-12-7-11(8-13(9-12)25-2)19-17(22)10-16-18(23)21-15-6-4-3-5-14(15)20-16/h7-9,14-16,20H,3-6,10H2,1-2H3,(H,19,22)(H,21,23)/t14-,15-,16+/m1/s1. The van der Waals surface area contributed by atoms with Crippen LogP contribution in [-0.4, -0.2) is 44.2 Å². The summed E-state index contributed by atoms with van der Waals surface area (Å²) in [4.78, 5) is 24.6. The lowest BCUT2D eigenvalue weighted by molar-refractivity contribution is -0.129. The lowest BCUT2D eigenvalue weighted by atomic mass is 9.87. The maximum atomic E-state index is 12.4. The van der Waals surface area contributed by atoms with Crippen molar-refractivity contribution in [2.75, 3.05) is 19.5 Å². The Labute approximate surface area is 147 Å². The van der Waals surface area contributed by atoms with Gasteiger partial charge in [0.25, 0.3) is 0 Å². The molecule has 25 heavy (non-hydrogen) atoms. The van der Waals surface area contributed by atoms with Gasteiger partial charge in [0.2, 0.25) is 11.8 Å². The summed E-state index contributed by atoms with van der Waals surface area (Å²) < 4.78 is 10.4. The van der Waals surface area contributed by atoms with E-state index < -0.39 is 6.04 Å². The van der Waals surface area contributed by atoms with Crippen molar-refractivity contribution in [2.45, 2.75) is 50.2 Å². The topological polar surface area (TPSA) is 88.7 Å². The highest BCUT2D eigenvalue weighted by atomic mass is 16.5. The lowest BCUT2D eigenvalue weighted by Crippen LogP contribution is -2.65. The van der Waals surface area contributed by atoms with E-state index in [4.69, 9.17) is 9.47 Å². The highest BCUT2D eigenvalue weighted by molar-refractivity contribution is 5.96. The van der Waals surface area contributed by atoms with Crippen molar-refractivity contribution in [2.24, 2.45) is 0 Å². The number of piperazine rings is 1. The van der Waals surface area contributed by atoms with Gasteiger partial charge in [-0.15, -0.1) is 0 Å². The van der Waals surface area contributed by atoms with E-state index >= 15 is 0 Å². The molecule has 3 N–H and O–H groups in total. The lowest BCUT2D eigenvalue weighted by Gasteiger charge is -2.40. The molecule has 1 aliphatic carbocycles. The Kier molecular flexibility index (Phi) is 5.43. The molecule has 3 rings (SSSR count). The van der Waals surface area contributed by atoms with Gasteiger partial charge < -0.3 is 25.4 Å². The van der Waals surface area contributed by atoms with Crippen molar-refractivity contribution in [3.05, 3.63) is 18.2 Å². The highest BCUT2D eigenvalue weighted by Gasteiger charge is 2.36. The van der Waals surface area contributed by atoms with Crippen LogP contribution in [0.3, 0.4) is 0 Å². The van der Waals surface area contributed by atoms with Gasteiger partial charge in [0, 0.05) is 36.0 Å². The summed E-state index contributed by atoms with van der Waals surface area (Å²) in [5.74, 6) is 0.861. The van der Waals surface area contributed by atoms with Gasteiger partial charge in [-0.1, -0.05) is 12.8 Å². The van der Waals surface area contributed by atoms with Gasteiger partial charge in [-0.25, -0.2) is 0 Å². The first-order valence-corrected chi connectivity index (χ1v) is 8.68. The normalized spacial score (nSPS) is 25.5. The molecule has 7 heteroatoms. The number of anilines is 1. The Bertz CT molecular complexity index is 627. The summed E-state index contributed by atoms with van der Waals surface area (Å²) in [5.41, 5.74) is 0.577. The number of rotatable bonds is 5. The van der Waals surface area contributed by atoms with E-state index in [-0.39, 0.29) is 30.3 Å². The van der Waals surface area contributed by atoms with Crippen LogP contribution in [0.2, 0.25) is 0 Å². The second-order valence-corrected chi connectivity index (χ2v) is 6.58. The number of benzene rings is 1. The molecule has 1 saturated carbocycles. The molecule has 2 aliphatic rings. The number of fused-ring (bicyclic) bond motifs is 1. The monoisotopic (exact) mass is 347 g/mol. The van der Waals surface area contributed by atoms with Gasteiger partial charge in [-0.2, -0.15) is 0 Å². The number of carbonyl (C=O) groups is 2. The number of hydrogen-bond donors (Lipinski definition) is 3. The number of methoxy groups -OCH3 is 2. The van der Waals surface area contributed by atoms with E-state index in [0.29, 0.717) is 17.2 Å². The Morgan fingerprint density at radius 3 is 2.40 bits per heavy atom. The number of hydrogen-bond acceptors (Lipinski definition) is 5. The fourth-order valence-electron chi connectivity index (χ4n) is 3.55. The second kappa shape index (κ2) is 7.74. The molecule has 0 radical (unpaired) electrons. The molecule has 136 valence electrons. The summed E-state index contributed by atoms with van der Waals surface area (Å²) in [5, 5.41) is 9.21. The molecule has 3 atom stereocenters. The van der Waals surface area contributed by atoms with Gasteiger partial charge in [-0.3, -0.25) is 9.59 Å². The van der Waals surface area contributed by atoms with Crippen LogP contribution in [0.1, 0.15) is 32.1 Å². The zero-order valence-electron chi connectivity index (χ0n) is 14.6. The van der Waals surface area contributed by atoms with Gasteiger partial charge in [0.1, 0.15) is 11.5 Å². The number of nitrogens with one attached hydrogen (secondary N) is 3. The minimum absolute atomic E-state index is 0.0918. The van der Waals surface area contributed by atoms with Crippen LogP contribution in [-0.2, 0) is 9.59 Å². The van der Waals surface area contributed by atoms with Crippen LogP contribution in [0.15, 0.2) is 18.2 Å². The van der Waals surface area contributed by atoms with Gasteiger partial charge in [0.15, 0.2) is 0 Å². The minimum Gasteiger partial charge on any atom is -0.497 e. The molecule has 1 aromatic carbocycles. The average molecular weight is 347 g/mol. The van der Waals surface area contributed by atoms with Crippen LogP contribution >= 0.6 is 0 Å². The van der Waals surface area contributed by atoms with Crippen LogP contribution in [0, 0.1) is 0 Å². The molecular formula is C18H25N3O4. The van der Waals surface area contributed by atoms with E-state index in [9.17, 15) is 9.59 Å². The van der Waals surface area contributed by atoms with Crippen molar-refractivity contribution < 1.29 is 19.1 Å². The van der Waals surface area contributed by atoms with E-state index in [1.54, 1.807) is 32.4 Å². The smallest absolute Gasteiger partial charge is 0.237 e. The fraction of sp³-hybridized carbons (Fsp3) is 0.556. The summed E-state index contributed by atoms with van der Waals surface area (Å²) >= 11 is 0. The Balaban J connectivity index is 1.61. The van der Waals surface area contributed by atoms with Crippen molar-refractivity contribution in [3.8, 4) is 11.5 Å². The second-order valence-electron chi connectivity index (χ2n) is 6.58. The van der Waals surface area contributed by atoms with E-state index in [0.717, 1.165) is 25.7 Å². The quantitative estimate of drug-likeness (QED) is 0.750. The molecule has 2 fully saturated rings. The number of amides is 2. The van der Waals surface area contributed by atoms with E-state index in [1.165, 1.54) is 0 Å². The van der Waals surface area contributed by atoms with Crippen LogP contribution < -0.4 is 25.4 Å². The van der Waals surface area contributed by atoms with Crippen molar-refractivity contribution in [3.63, 3.8) is 0 Å². The number of ether oxygens (including phenoxy) is 2. The predicted molar refractivity (Wildman–Crippen MR) is 93.9 cm³/mol. The number of carbonyl (C=O) groups excluding carboxylic acids is 2. The molecule has 1 heterocycles. The van der Waals surface area contributed by atoms with Crippen molar-refractivity contribution in [1.82, 2.24) is 10.6 Å². The van der Waals surface area contributed by atoms with Gasteiger partial charge >= 0.3 is 0 Å². The zero-order chi connectivity index (χ0) is 17.8. The van der Waals surface area contributed by atoms with Crippen molar-refractivity contribution in [1.29, 1.82) is 0 Å². The van der Waals surface area contributed by atoms with Crippen LogP contribution in [0.4, 0.5) is 5.69 Å². The molecule has 0 spiro atoms. The average Bonchev–Trinajstić information content (AvgIpc) is 2.61. The summed E-state index contributed by atoms with van der Waals surface area (Å²) in [7, 11) is 3.11. The van der Waals surface area contributed by atoms with Crippen LogP contribution in [0.25, 0.3) is 0 Å². The zero-order valence-corrected chi connectivity index (χ0v) is 14.6. The first kappa shape index (κ1) is 17.5. The first-order valence-electron chi connectivity index (χ1n) is 8.68. The Morgan fingerprint density at radius 1 is 1.12 bits per heavy atom.